The van der Waals surface area contributed by atoms with Gasteiger partial charge in [-0.1, -0.05) is 0 Å². The molecule has 0 amide bonds. The average Bonchev–Trinajstić information content (AvgIpc) is 0.811. The van der Waals surface area contributed by atoms with Gasteiger partial charge in [-0.2, -0.15) is 0 Å². The van der Waals surface area contributed by atoms with Gasteiger partial charge < -0.3 is 10.2 Å². The molecule has 0 aliphatic rings. The third kappa shape index (κ3) is 139. The van der Waals surface area contributed by atoms with Crippen LogP contribution >= 0.6 is 0 Å². The van der Waals surface area contributed by atoms with Gasteiger partial charge in [0.05, 0.1) is 0 Å². The zero-order valence-electron chi connectivity index (χ0n) is 2.60. The zero-order chi connectivity index (χ0) is 3.58. The van der Waals surface area contributed by atoms with Gasteiger partial charge in [-0.15, -0.1) is 0 Å². The molecule has 5 heteroatoms. The number of carbonyl (C=O) groups is 1. The molecule has 0 aliphatic heterocycles. The van der Waals surface area contributed by atoms with Crippen molar-refractivity contribution in [3.63, 3.8) is 0 Å². The minimum atomic E-state index is -1.83. The summed E-state index contributed by atoms with van der Waals surface area (Å²) in [5.74, 6) is 0. The Labute approximate surface area is 64.3 Å². The van der Waals surface area contributed by atoms with E-state index in [2.05, 4.69) is 0 Å². The van der Waals surface area contributed by atoms with Crippen molar-refractivity contribution >= 4 is 6.16 Å². The predicted octanol–water partition coefficient (Wildman–Crippen LogP) is 0.217. The van der Waals surface area contributed by atoms with Crippen LogP contribution in [-0.2, 0) is 43.3 Å². The van der Waals surface area contributed by atoms with Crippen molar-refractivity contribution in [2.24, 2.45) is 0 Å². The standard InChI is InChI=1S/CH2O3.Cu.Zr/c2-1(3)4;;/h(H2,2,3,4);;. The Kier molecular flexibility index (Phi) is 24.4. The van der Waals surface area contributed by atoms with Crippen LogP contribution in [0.25, 0.3) is 0 Å². The van der Waals surface area contributed by atoms with Gasteiger partial charge >= 0.3 is 6.16 Å². The molecule has 3 nitrogen and oxygen atoms in total. The summed E-state index contributed by atoms with van der Waals surface area (Å²) in [6, 6.07) is 0. The first-order valence-electron chi connectivity index (χ1n) is 0.651. The van der Waals surface area contributed by atoms with Crippen molar-refractivity contribution in [2.75, 3.05) is 0 Å². The summed E-state index contributed by atoms with van der Waals surface area (Å²) in [7, 11) is 0. The largest absolute Gasteiger partial charge is 0.503 e. The Morgan fingerprint density at radius 1 is 1.33 bits per heavy atom. The fourth-order valence-corrected chi connectivity index (χ4v) is 0. The van der Waals surface area contributed by atoms with Crippen LogP contribution in [0, 0.1) is 0 Å². The van der Waals surface area contributed by atoms with Gasteiger partial charge in [-0.05, 0) is 0 Å². The quantitative estimate of drug-likeness (QED) is 0.570. The first kappa shape index (κ1) is 15.9. The van der Waals surface area contributed by atoms with E-state index in [-0.39, 0.29) is 43.3 Å². The molecular weight excluding hydrogens is 215 g/mol. The van der Waals surface area contributed by atoms with Gasteiger partial charge in [0.15, 0.2) is 0 Å². The maximum Gasteiger partial charge on any atom is 0.503 e. The molecule has 2 N–H and O–H groups in total. The Morgan fingerprint density at radius 2 is 1.33 bits per heavy atom. The molecule has 0 bridgehead atoms. The van der Waals surface area contributed by atoms with Crippen LogP contribution in [0.5, 0.6) is 0 Å². The molecular formula is CH2CuO3Zr. The van der Waals surface area contributed by atoms with E-state index < -0.39 is 6.16 Å². The van der Waals surface area contributed by atoms with E-state index in [1.807, 2.05) is 0 Å². The molecule has 0 spiro atoms. The van der Waals surface area contributed by atoms with Gasteiger partial charge in [0.25, 0.3) is 0 Å². The van der Waals surface area contributed by atoms with Gasteiger partial charge in [0.2, 0.25) is 0 Å². The smallest absolute Gasteiger partial charge is 0.450 e. The zero-order valence-corrected chi connectivity index (χ0v) is 6.00. The monoisotopic (exact) mass is 215 g/mol. The van der Waals surface area contributed by atoms with Crippen molar-refractivity contribution in [2.45, 2.75) is 0 Å². The summed E-state index contributed by atoms with van der Waals surface area (Å²) in [6.45, 7) is 0. The van der Waals surface area contributed by atoms with Gasteiger partial charge in [0, 0.05) is 43.3 Å². The van der Waals surface area contributed by atoms with Crippen LogP contribution in [0.4, 0.5) is 4.79 Å². The van der Waals surface area contributed by atoms with Crippen LogP contribution in [0.1, 0.15) is 0 Å². The van der Waals surface area contributed by atoms with Crippen molar-refractivity contribution in [1.29, 1.82) is 0 Å². The third-order valence-corrected chi connectivity index (χ3v) is 0. The molecule has 0 heterocycles. The topological polar surface area (TPSA) is 57.5 Å². The molecule has 0 unspecified atom stereocenters. The maximum atomic E-state index is 8.56. The van der Waals surface area contributed by atoms with E-state index >= 15 is 0 Å². The van der Waals surface area contributed by atoms with E-state index in [0.717, 1.165) is 0 Å². The van der Waals surface area contributed by atoms with Crippen molar-refractivity contribution < 1.29 is 58.3 Å². The minimum Gasteiger partial charge on any atom is -0.450 e. The van der Waals surface area contributed by atoms with Crippen LogP contribution in [0.15, 0.2) is 0 Å². The summed E-state index contributed by atoms with van der Waals surface area (Å²) in [6.07, 6.45) is -1.83. The molecule has 0 aromatic carbocycles. The van der Waals surface area contributed by atoms with Crippen LogP contribution in [0.2, 0.25) is 0 Å². The maximum absolute atomic E-state index is 8.56. The molecule has 1 radical (unpaired) electrons. The summed E-state index contributed by atoms with van der Waals surface area (Å²) in [5, 5.41) is 13.9. The fraction of sp³-hybridized carbons (Fsp3) is 0. The number of hydrogen-bond acceptors (Lipinski definition) is 1. The molecule has 0 rings (SSSR count). The number of hydrogen-bond donors (Lipinski definition) is 2. The number of rotatable bonds is 0. The fourth-order valence-electron chi connectivity index (χ4n) is 0. The molecule has 0 aliphatic carbocycles. The van der Waals surface area contributed by atoms with Gasteiger partial charge in [0.1, 0.15) is 0 Å². The molecule has 0 fully saturated rings. The van der Waals surface area contributed by atoms with Crippen LogP contribution in [0.3, 0.4) is 0 Å². The normalized spacial score (nSPS) is 4.00. The van der Waals surface area contributed by atoms with Crippen LogP contribution in [-0.4, -0.2) is 16.4 Å². The van der Waals surface area contributed by atoms with E-state index in [0.29, 0.717) is 0 Å². The van der Waals surface area contributed by atoms with E-state index in [4.69, 9.17) is 15.0 Å². The van der Waals surface area contributed by atoms with Crippen LogP contribution < -0.4 is 0 Å². The Bertz CT molecular complexity index is 33.8. The third-order valence-electron chi connectivity index (χ3n) is 0. The minimum absolute atomic E-state index is 0. The van der Waals surface area contributed by atoms with E-state index in [9.17, 15) is 0 Å². The number of carboxylic acid groups (broad SMARTS) is 2. The Morgan fingerprint density at radius 3 is 1.33 bits per heavy atom. The first-order chi connectivity index (χ1) is 1.73. The van der Waals surface area contributed by atoms with E-state index in [1.54, 1.807) is 0 Å². The SMILES string of the molecule is O=C(O)O.[Cu].[Zr]. The van der Waals surface area contributed by atoms with Crippen molar-refractivity contribution in [3.8, 4) is 0 Å². The molecule has 39 valence electrons. The summed E-state index contributed by atoms with van der Waals surface area (Å²) in [4.78, 5) is 8.56. The Hall–Kier alpha value is 0.673. The molecule has 0 saturated carbocycles. The Balaban J connectivity index is -0.0000000450. The van der Waals surface area contributed by atoms with Crippen molar-refractivity contribution in [1.82, 2.24) is 0 Å². The summed E-state index contributed by atoms with van der Waals surface area (Å²) >= 11 is 0. The second-order valence-corrected chi connectivity index (χ2v) is 0.283. The second kappa shape index (κ2) is 9.18. The molecule has 0 atom stereocenters. The molecule has 6 heavy (non-hydrogen) atoms. The summed E-state index contributed by atoms with van der Waals surface area (Å²) in [5.41, 5.74) is 0. The van der Waals surface area contributed by atoms with E-state index in [1.165, 1.54) is 0 Å². The first-order valence-corrected chi connectivity index (χ1v) is 0.651. The summed E-state index contributed by atoms with van der Waals surface area (Å²) < 4.78 is 0. The van der Waals surface area contributed by atoms with Gasteiger partial charge in [-0.3, -0.25) is 0 Å². The molecule has 0 aromatic rings. The van der Waals surface area contributed by atoms with Gasteiger partial charge in [-0.25, -0.2) is 4.79 Å². The average molecular weight is 217 g/mol. The molecule has 0 saturated heterocycles. The second-order valence-electron chi connectivity index (χ2n) is 0.283. The molecule has 0 aromatic heterocycles. The predicted molar refractivity (Wildman–Crippen MR) is 10.7 cm³/mol. The van der Waals surface area contributed by atoms with Crippen molar-refractivity contribution in [3.05, 3.63) is 0 Å².